The zero-order chi connectivity index (χ0) is 15.0. The number of likely N-dealkylation sites (tertiary alicyclic amines) is 1. The van der Waals surface area contributed by atoms with E-state index in [0.717, 1.165) is 26.2 Å². The standard InChI is InChI=1S/C15H18Cl2N2O2/c1-9(21-13-4-2-3-12(16)14(13)17)15(20)19-7-10-5-18-6-11(10)8-19/h2-4,9-11,18H,5-8H2,1H3/t9?,10-,11+. The number of fused-ring (bicyclic) bond motifs is 1. The minimum Gasteiger partial charge on any atom is -0.479 e. The molecule has 2 saturated heterocycles. The Morgan fingerprint density at radius 3 is 2.67 bits per heavy atom. The van der Waals surface area contributed by atoms with Crippen LogP contribution in [0, 0.1) is 11.8 Å². The van der Waals surface area contributed by atoms with Crippen molar-refractivity contribution in [2.45, 2.75) is 13.0 Å². The van der Waals surface area contributed by atoms with Crippen LogP contribution < -0.4 is 10.1 Å². The predicted molar refractivity (Wildman–Crippen MR) is 83.0 cm³/mol. The molecule has 1 amide bonds. The summed E-state index contributed by atoms with van der Waals surface area (Å²) >= 11 is 12.0. The normalized spacial score (nSPS) is 25.8. The molecule has 4 nitrogen and oxygen atoms in total. The lowest BCUT2D eigenvalue weighted by Crippen LogP contribution is -2.40. The molecule has 1 N–H and O–H groups in total. The fraction of sp³-hybridized carbons (Fsp3) is 0.533. The van der Waals surface area contributed by atoms with Crippen LogP contribution in [0.15, 0.2) is 18.2 Å². The van der Waals surface area contributed by atoms with Crippen molar-refractivity contribution in [1.29, 1.82) is 0 Å². The van der Waals surface area contributed by atoms with Gasteiger partial charge in [0.1, 0.15) is 10.8 Å². The summed E-state index contributed by atoms with van der Waals surface area (Å²) in [5.74, 6) is 1.62. The third kappa shape index (κ3) is 2.98. The fourth-order valence-corrected chi connectivity index (χ4v) is 3.44. The van der Waals surface area contributed by atoms with Gasteiger partial charge in [0, 0.05) is 26.2 Å². The van der Waals surface area contributed by atoms with E-state index in [1.807, 2.05) is 4.90 Å². The van der Waals surface area contributed by atoms with Crippen molar-refractivity contribution >= 4 is 29.1 Å². The Morgan fingerprint density at radius 1 is 1.33 bits per heavy atom. The number of amides is 1. The molecule has 0 bridgehead atoms. The van der Waals surface area contributed by atoms with Gasteiger partial charge in [0.05, 0.1) is 5.02 Å². The minimum absolute atomic E-state index is 0.0143. The Kier molecular flexibility index (Phi) is 4.29. The first kappa shape index (κ1) is 14.9. The Bertz CT molecular complexity index is 540. The van der Waals surface area contributed by atoms with Gasteiger partial charge in [0.25, 0.3) is 5.91 Å². The maximum atomic E-state index is 12.5. The first-order valence-corrected chi connectivity index (χ1v) is 7.92. The Labute approximate surface area is 134 Å². The number of carbonyl (C=O) groups excluding carboxylic acids is 1. The van der Waals surface area contributed by atoms with E-state index in [1.54, 1.807) is 25.1 Å². The monoisotopic (exact) mass is 328 g/mol. The van der Waals surface area contributed by atoms with Gasteiger partial charge < -0.3 is 15.0 Å². The predicted octanol–water partition coefficient (Wildman–Crippen LogP) is 2.44. The lowest BCUT2D eigenvalue weighted by atomic mass is 10.0. The van der Waals surface area contributed by atoms with Crippen LogP contribution in [0.2, 0.25) is 10.0 Å². The number of rotatable bonds is 3. The summed E-state index contributed by atoms with van der Waals surface area (Å²) in [7, 11) is 0. The molecule has 1 aromatic rings. The molecule has 2 aliphatic rings. The van der Waals surface area contributed by atoms with Crippen molar-refractivity contribution in [2.75, 3.05) is 26.2 Å². The summed E-state index contributed by atoms with van der Waals surface area (Å²) in [4.78, 5) is 14.4. The second-order valence-electron chi connectivity index (χ2n) is 5.73. The Morgan fingerprint density at radius 2 is 2.00 bits per heavy atom. The van der Waals surface area contributed by atoms with Crippen LogP contribution in [0.25, 0.3) is 0 Å². The van der Waals surface area contributed by atoms with E-state index in [9.17, 15) is 4.79 Å². The van der Waals surface area contributed by atoms with Crippen molar-refractivity contribution in [3.63, 3.8) is 0 Å². The van der Waals surface area contributed by atoms with Gasteiger partial charge in [-0.15, -0.1) is 0 Å². The molecule has 2 fully saturated rings. The summed E-state index contributed by atoms with van der Waals surface area (Å²) in [5.41, 5.74) is 0. The number of ether oxygens (including phenoxy) is 1. The number of benzene rings is 1. The third-order valence-electron chi connectivity index (χ3n) is 4.27. The first-order valence-electron chi connectivity index (χ1n) is 7.16. The molecule has 1 aromatic carbocycles. The second kappa shape index (κ2) is 6.03. The van der Waals surface area contributed by atoms with E-state index in [2.05, 4.69) is 5.32 Å². The average molecular weight is 329 g/mol. The highest BCUT2D eigenvalue weighted by molar-refractivity contribution is 6.42. The molecule has 0 saturated carbocycles. The summed E-state index contributed by atoms with van der Waals surface area (Å²) in [6, 6.07) is 5.17. The second-order valence-corrected chi connectivity index (χ2v) is 6.52. The fourth-order valence-electron chi connectivity index (χ4n) is 3.11. The molecule has 0 spiro atoms. The van der Waals surface area contributed by atoms with Crippen LogP contribution in [0.4, 0.5) is 0 Å². The first-order chi connectivity index (χ1) is 10.1. The topological polar surface area (TPSA) is 41.6 Å². The molecular formula is C15H18Cl2N2O2. The number of hydrogen-bond acceptors (Lipinski definition) is 3. The zero-order valence-electron chi connectivity index (χ0n) is 11.8. The van der Waals surface area contributed by atoms with Gasteiger partial charge in [0.2, 0.25) is 0 Å². The largest absolute Gasteiger partial charge is 0.479 e. The van der Waals surface area contributed by atoms with Crippen molar-refractivity contribution < 1.29 is 9.53 Å². The van der Waals surface area contributed by atoms with E-state index in [0.29, 0.717) is 27.6 Å². The van der Waals surface area contributed by atoms with Gasteiger partial charge in [-0.3, -0.25) is 4.79 Å². The van der Waals surface area contributed by atoms with Gasteiger partial charge in [-0.25, -0.2) is 0 Å². The molecule has 3 atom stereocenters. The van der Waals surface area contributed by atoms with E-state index in [-0.39, 0.29) is 5.91 Å². The van der Waals surface area contributed by atoms with Crippen molar-refractivity contribution in [3.8, 4) is 5.75 Å². The van der Waals surface area contributed by atoms with E-state index < -0.39 is 6.10 Å². The number of nitrogens with one attached hydrogen (secondary N) is 1. The summed E-state index contributed by atoms with van der Waals surface area (Å²) in [6.07, 6.45) is -0.562. The average Bonchev–Trinajstić information content (AvgIpc) is 3.04. The third-order valence-corrected chi connectivity index (χ3v) is 5.07. The summed E-state index contributed by atoms with van der Waals surface area (Å²) in [6.45, 7) is 5.39. The van der Waals surface area contributed by atoms with Crippen LogP contribution in [-0.2, 0) is 4.79 Å². The number of hydrogen-bond donors (Lipinski definition) is 1. The number of nitrogens with zero attached hydrogens (tertiary/aromatic N) is 1. The van der Waals surface area contributed by atoms with Crippen LogP contribution in [-0.4, -0.2) is 43.1 Å². The highest BCUT2D eigenvalue weighted by Crippen LogP contribution is 2.33. The highest BCUT2D eigenvalue weighted by atomic mass is 35.5. The quantitative estimate of drug-likeness (QED) is 0.926. The summed E-state index contributed by atoms with van der Waals surface area (Å²) < 4.78 is 5.70. The van der Waals surface area contributed by atoms with Crippen molar-refractivity contribution in [1.82, 2.24) is 10.2 Å². The van der Waals surface area contributed by atoms with E-state index in [1.165, 1.54) is 0 Å². The summed E-state index contributed by atoms with van der Waals surface area (Å²) in [5, 5.41) is 4.14. The van der Waals surface area contributed by atoms with Gasteiger partial charge in [0.15, 0.2) is 6.10 Å². The van der Waals surface area contributed by atoms with E-state index in [4.69, 9.17) is 27.9 Å². The molecule has 21 heavy (non-hydrogen) atoms. The van der Waals surface area contributed by atoms with Gasteiger partial charge >= 0.3 is 0 Å². The lowest BCUT2D eigenvalue weighted by Gasteiger charge is -2.23. The van der Waals surface area contributed by atoms with Crippen LogP contribution in [0.1, 0.15) is 6.92 Å². The minimum atomic E-state index is -0.562. The maximum absolute atomic E-state index is 12.5. The zero-order valence-corrected chi connectivity index (χ0v) is 13.3. The van der Waals surface area contributed by atoms with Crippen molar-refractivity contribution in [2.24, 2.45) is 11.8 Å². The lowest BCUT2D eigenvalue weighted by molar-refractivity contribution is -0.137. The molecule has 1 unspecified atom stereocenters. The van der Waals surface area contributed by atoms with Crippen LogP contribution >= 0.6 is 23.2 Å². The molecule has 2 aliphatic heterocycles. The molecule has 2 heterocycles. The highest BCUT2D eigenvalue weighted by Gasteiger charge is 2.39. The molecule has 114 valence electrons. The smallest absolute Gasteiger partial charge is 0.263 e. The molecule has 3 rings (SSSR count). The molecular weight excluding hydrogens is 311 g/mol. The van der Waals surface area contributed by atoms with Crippen molar-refractivity contribution in [3.05, 3.63) is 28.2 Å². The Hall–Kier alpha value is -0.970. The number of halogens is 2. The van der Waals surface area contributed by atoms with E-state index >= 15 is 0 Å². The Balaban J connectivity index is 1.64. The maximum Gasteiger partial charge on any atom is 0.263 e. The molecule has 6 heteroatoms. The SMILES string of the molecule is CC(Oc1cccc(Cl)c1Cl)C(=O)N1C[C@H]2CNC[C@H]2C1. The van der Waals surface area contributed by atoms with Gasteiger partial charge in [-0.1, -0.05) is 29.3 Å². The van der Waals surface area contributed by atoms with Crippen LogP contribution in [0.5, 0.6) is 5.75 Å². The van der Waals surface area contributed by atoms with Gasteiger partial charge in [-0.05, 0) is 30.9 Å². The van der Waals surface area contributed by atoms with Gasteiger partial charge in [-0.2, -0.15) is 0 Å². The number of carbonyl (C=O) groups is 1. The molecule has 0 aliphatic carbocycles. The molecule has 0 aromatic heterocycles. The van der Waals surface area contributed by atoms with Crippen LogP contribution in [0.3, 0.4) is 0 Å². The molecule has 0 radical (unpaired) electrons.